The number of nitrogens with one attached hydrogen (secondary N) is 2. The van der Waals surface area contributed by atoms with Gasteiger partial charge in [-0.25, -0.2) is 0 Å². The van der Waals surface area contributed by atoms with Crippen molar-refractivity contribution in [3.8, 4) is 11.5 Å². The Balaban J connectivity index is 1.62. The summed E-state index contributed by atoms with van der Waals surface area (Å²) in [6, 6.07) is 16.3. The maximum Gasteiger partial charge on any atom is 0.119 e. The van der Waals surface area contributed by atoms with Crippen molar-refractivity contribution in [2.24, 2.45) is 5.73 Å². The van der Waals surface area contributed by atoms with Crippen molar-refractivity contribution in [2.45, 2.75) is 13.1 Å². The minimum absolute atomic E-state index is 0.659. The van der Waals surface area contributed by atoms with Crippen molar-refractivity contribution < 1.29 is 9.47 Å². The highest BCUT2D eigenvalue weighted by atomic mass is 16.5. The van der Waals surface area contributed by atoms with E-state index in [0.717, 1.165) is 57.3 Å². The number of rotatable bonds is 14. The van der Waals surface area contributed by atoms with Crippen LogP contribution >= 0.6 is 0 Å². The highest BCUT2D eigenvalue weighted by Gasteiger charge is 2.06. The van der Waals surface area contributed by atoms with Gasteiger partial charge in [-0.3, -0.25) is 4.90 Å². The fourth-order valence-corrected chi connectivity index (χ4v) is 3.04. The van der Waals surface area contributed by atoms with Gasteiger partial charge in [-0.05, 0) is 35.4 Å². The summed E-state index contributed by atoms with van der Waals surface area (Å²) in [5.74, 6) is 1.79. The van der Waals surface area contributed by atoms with Crippen LogP contribution in [-0.4, -0.2) is 58.4 Å². The second-order valence-corrected chi connectivity index (χ2v) is 6.69. The SMILES string of the molecule is COc1cccc(CNCCNCCN(CCN)Cc2cccc(OC)c2)c1. The second-order valence-electron chi connectivity index (χ2n) is 6.69. The zero-order chi connectivity index (χ0) is 20.0. The number of benzene rings is 2. The van der Waals surface area contributed by atoms with E-state index in [9.17, 15) is 0 Å². The van der Waals surface area contributed by atoms with E-state index in [1.807, 2.05) is 24.3 Å². The van der Waals surface area contributed by atoms with Crippen LogP contribution in [0.5, 0.6) is 11.5 Å². The van der Waals surface area contributed by atoms with Crippen LogP contribution < -0.4 is 25.8 Å². The summed E-state index contributed by atoms with van der Waals surface area (Å²) in [7, 11) is 3.39. The van der Waals surface area contributed by atoms with Crippen LogP contribution in [0.2, 0.25) is 0 Å². The lowest BCUT2D eigenvalue weighted by Crippen LogP contribution is -2.37. The van der Waals surface area contributed by atoms with Gasteiger partial charge in [0.25, 0.3) is 0 Å². The maximum atomic E-state index is 5.78. The van der Waals surface area contributed by atoms with E-state index in [2.05, 4.69) is 39.8 Å². The molecule has 6 heteroatoms. The van der Waals surface area contributed by atoms with Gasteiger partial charge in [-0.1, -0.05) is 24.3 Å². The zero-order valence-electron chi connectivity index (χ0n) is 17.1. The van der Waals surface area contributed by atoms with Crippen molar-refractivity contribution in [1.82, 2.24) is 15.5 Å². The van der Waals surface area contributed by atoms with Gasteiger partial charge in [0.15, 0.2) is 0 Å². The number of hydrogen-bond donors (Lipinski definition) is 3. The number of ether oxygens (including phenoxy) is 2. The zero-order valence-corrected chi connectivity index (χ0v) is 17.1. The Morgan fingerprint density at radius 2 is 1.46 bits per heavy atom. The molecule has 28 heavy (non-hydrogen) atoms. The molecule has 0 heterocycles. The minimum Gasteiger partial charge on any atom is -0.497 e. The first-order valence-corrected chi connectivity index (χ1v) is 9.85. The Kier molecular flexibility index (Phi) is 10.4. The second kappa shape index (κ2) is 13.1. The molecule has 0 spiro atoms. The van der Waals surface area contributed by atoms with E-state index in [1.54, 1.807) is 14.2 Å². The van der Waals surface area contributed by atoms with E-state index >= 15 is 0 Å². The minimum atomic E-state index is 0.659. The fraction of sp³-hybridized carbons (Fsp3) is 0.455. The van der Waals surface area contributed by atoms with Crippen molar-refractivity contribution >= 4 is 0 Å². The fourth-order valence-electron chi connectivity index (χ4n) is 3.04. The Hall–Kier alpha value is -2.12. The molecule has 6 nitrogen and oxygen atoms in total. The standard InChI is InChI=1S/C22H34N4O2/c1-27-21-7-3-5-19(15-21)17-25-11-10-24-12-14-26(13-9-23)18-20-6-4-8-22(16-20)28-2/h3-8,15-16,24-25H,9-14,17-18,23H2,1-2H3. The molecule has 0 radical (unpaired) electrons. The number of methoxy groups -OCH3 is 2. The molecule has 154 valence electrons. The summed E-state index contributed by atoms with van der Waals surface area (Å²) in [6.07, 6.45) is 0. The van der Waals surface area contributed by atoms with Crippen molar-refractivity contribution in [3.63, 3.8) is 0 Å². The highest BCUT2D eigenvalue weighted by Crippen LogP contribution is 2.14. The average Bonchev–Trinajstić information content (AvgIpc) is 2.73. The van der Waals surface area contributed by atoms with E-state index in [0.29, 0.717) is 6.54 Å². The normalized spacial score (nSPS) is 11.0. The van der Waals surface area contributed by atoms with Crippen LogP contribution in [0.3, 0.4) is 0 Å². The van der Waals surface area contributed by atoms with Gasteiger partial charge >= 0.3 is 0 Å². The van der Waals surface area contributed by atoms with Crippen LogP contribution in [-0.2, 0) is 13.1 Å². The average molecular weight is 387 g/mol. The third kappa shape index (κ3) is 8.27. The molecule has 0 saturated heterocycles. The number of hydrogen-bond acceptors (Lipinski definition) is 6. The van der Waals surface area contributed by atoms with Gasteiger partial charge in [0.2, 0.25) is 0 Å². The molecular weight excluding hydrogens is 352 g/mol. The van der Waals surface area contributed by atoms with Crippen LogP contribution in [0.1, 0.15) is 11.1 Å². The maximum absolute atomic E-state index is 5.78. The molecule has 2 aromatic rings. The van der Waals surface area contributed by atoms with Crippen molar-refractivity contribution in [1.29, 1.82) is 0 Å². The number of nitrogens with two attached hydrogens (primary N) is 1. The lowest BCUT2D eigenvalue weighted by atomic mass is 10.2. The Morgan fingerprint density at radius 1 is 0.821 bits per heavy atom. The van der Waals surface area contributed by atoms with Gasteiger partial charge in [0.1, 0.15) is 11.5 Å². The van der Waals surface area contributed by atoms with Crippen LogP contribution in [0.25, 0.3) is 0 Å². The van der Waals surface area contributed by atoms with Gasteiger partial charge in [-0.2, -0.15) is 0 Å². The molecule has 0 fully saturated rings. The summed E-state index contributed by atoms with van der Waals surface area (Å²) in [6.45, 7) is 7.01. The Morgan fingerprint density at radius 3 is 2.14 bits per heavy atom. The molecule has 0 amide bonds. The molecule has 4 N–H and O–H groups in total. The molecule has 0 aliphatic rings. The van der Waals surface area contributed by atoms with Gasteiger partial charge in [-0.15, -0.1) is 0 Å². The van der Waals surface area contributed by atoms with Crippen LogP contribution in [0.15, 0.2) is 48.5 Å². The van der Waals surface area contributed by atoms with Crippen molar-refractivity contribution in [2.75, 3.05) is 53.5 Å². The van der Waals surface area contributed by atoms with Crippen LogP contribution in [0, 0.1) is 0 Å². The summed E-state index contributed by atoms with van der Waals surface area (Å²) in [5.41, 5.74) is 8.25. The molecule has 0 aromatic heterocycles. The lowest BCUT2D eigenvalue weighted by molar-refractivity contribution is 0.272. The first kappa shape index (κ1) is 22.2. The molecule has 0 aliphatic heterocycles. The predicted molar refractivity (Wildman–Crippen MR) is 115 cm³/mol. The molecule has 0 bridgehead atoms. The summed E-state index contributed by atoms with van der Waals surface area (Å²) in [5, 5.41) is 6.95. The molecular formula is C22H34N4O2. The molecule has 2 rings (SSSR count). The summed E-state index contributed by atoms with van der Waals surface area (Å²) >= 11 is 0. The van der Waals surface area contributed by atoms with Gasteiger partial charge in [0, 0.05) is 52.4 Å². The van der Waals surface area contributed by atoms with Gasteiger partial charge in [0.05, 0.1) is 14.2 Å². The highest BCUT2D eigenvalue weighted by molar-refractivity contribution is 5.29. The first-order chi connectivity index (χ1) is 13.7. The topological polar surface area (TPSA) is 71.8 Å². The molecule has 0 atom stereocenters. The van der Waals surface area contributed by atoms with Crippen molar-refractivity contribution in [3.05, 3.63) is 59.7 Å². The summed E-state index contributed by atoms with van der Waals surface area (Å²) < 4.78 is 10.6. The molecule has 0 aliphatic carbocycles. The van der Waals surface area contributed by atoms with E-state index in [4.69, 9.17) is 15.2 Å². The van der Waals surface area contributed by atoms with E-state index < -0.39 is 0 Å². The Bertz CT molecular complexity index is 681. The largest absolute Gasteiger partial charge is 0.497 e. The molecule has 0 saturated carbocycles. The third-order valence-corrected chi connectivity index (χ3v) is 4.53. The first-order valence-electron chi connectivity index (χ1n) is 9.85. The summed E-state index contributed by atoms with van der Waals surface area (Å²) in [4.78, 5) is 2.37. The van der Waals surface area contributed by atoms with E-state index in [-0.39, 0.29) is 0 Å². The number of nitrogens with zero attached hydrogens (tertiary/aromatic N) is 1. The van der Waals surface area contributed by atoms with E-state index in [1.165, 1.54) is 11.1 Å². The Labute approximate surface area is 169 Å². The predicted octanol–water partition coefficient (Wildman–Crippen LogP) is 1.84. The monoisotopic (exact) mass is 386 g/mol. The lowest BCUT2D eigenvalue weighted by Gasteiger charge is -2.22. The molecule has 0 unspecified atom stereocenters. The third-order valence-electron chi connectivity index (χ3n) is 4.53. The smallest absolute Gasteiger partial charge is 0.119 e. The molecule has 2 aromatic carbocycles. The van der Waals surface area contributed by atoms with Gasteiger partial charge < -0.3 is 25.8 Å². The van der Waals surface area contributed by atoms with Crippen LogP contribution in [0.4, 0.5) is 0 Å². The quantitative estimate of drug-likeness (QED) is 0.431.